The smallest absolute Gasteiger partial charge is 0.0700 e. The monoisotopic (exact) mass is 175 g/mol. The molecule has 2 rings (SSSR count). The quantitative estimate of drug-likeness (QED) is 0.605. The van der Waals surface area contributed by atoms with Crippen LogP contribution in [-0.2, 0) is 0 Å². The fourth-order valence-corrected chi connectivity index (χ4v) is 3.25. The Kier molecular flexibility index (Phi) is 2.43. The van der Waals surface area contributed by atoms with Gasteiger partial charge in [0.05, 0.1) is 5.37 Å². The van der Waals surface area contributed by atoms with E-state index < -0.39 is 0 Å². The maximum Gasteiger partial charge on any atom is 0.0700 e. The predicted molar refractivity (Wildman–Crippen MR) is 47.9 cm³/mol. The SMILES string of the molecule is [CH]1SCNC1C1NCCS1. The fraction of sp³-hybridized carbons (Fsp3) is 0.833. The number of thioether (sulfide) groups is 2. The van der Waals surface area contributed by atoms with E-state index in [0.29, 0.717) is 11.4 Å². The van der Waals surface area contributed by atoms with Gasteiger partial charge in [0.25, 0.3) is 0 Å². The molecule has 0 amide bonds. The Morgan fingerprint density at radius 1 is 1.40 bits per heavy atom. The Hall–Kier alpha value is 0.620. The molecule has 0 aromatic carbocycles. The molecule has 0 aliphatic carbocycles. The Labute approximate surface area is 69.9 Å². The standard InChI is InChI=1S/C6H11N2S2/c1-2-10-6(7-1)5-3-9-4-8-5/h3,5-8H,1-2,4H2. The molecule has 10 heavy (non-hydrogen) atoms. The molecule has 2 aliphatic rings. The van der Waals surface area contributed by atoms with Crippen LogP contribution in [0.15, 0.2) is 0 Å². The summed E-state index contributed by atoms with van der Waals surface area (Å²) in [6.45, 7) is 1.17. The molecule has 0 aromatic rings. The maximum absolute atomic E-state index is 3.45. The summed E-state index contributed by atoms with van der Waals surface area (Å²) in [5.41, 5.74) is 0. The molecule has 2 N–H and O–H groups in total. The van der Waals surface area contributed by atoms with Crippen LogP contribution in [0.3, 0.4) is 0 Å². The molecule has 0 aromatic heterocycles. The van der Waals surface area contributed by atoms with Crippen LogP contribution >= 0.6 is 23.5 Å². The molecular formula is C6H11N2S2. The van der Waals surface area contributed by atoms with E-state index in [0.717, 1.165) is 5.88 Å². The van der Waals surface area contributed by atoms with Crippen molar-refractivity contribution in [1.29, 1.82) is 0 Å². The van der Waals surface area contributed by atoms with E-state index >= 15 is 0 Å². The fourth-order valence-electron chi connectivity index (χ4n) is 1.20. The van der Waals surface area contributed by atoms with Gasteiger partial charge in [-0.1, -0.05) is 0 Å². The highest BCUT2D eigenvalue weighted by molar-refractivity contribution is 8.02. The van der Waals surface area contributed by atoms with Gasteiger partial charge in [-0.2, -0.15) is 0 Å². The molecule has 1 radical (unpaired) electrons. The van der Waals surface area contributed by atoms with Crippen molar-refractivity contribution < 1.29 is 0 Å². The number of rotatable bonds is 1. The van der Waals surface area contributed by atoms with Crippen LogP contribution in [0.4, 0.5) is 0 Å². The Morgan fingerprint density at radius 2 is 2.40 bits per heavy atom. The minimum atomic E-state index is 0.595. The maximum atomic E-state index is 3.45. The molecule has 2 fully saturated rings. The summed E-state index contributed by atoms with van der Waals surface area (Å²) in [5, 5.41) is 7.51. The first-order chi connectivity index (χ1) is 4.97. The molecule has 2 unspecified atom stereocenters. The zero-order valence-electron chi connectivity index (χ0n) is 5.67. The summed E-state index contributed by atoms with van der Waals surface area (Å²) in [5.74, 6) is 4.65. The minimum absolute atomic E-state index is 0.595. The second-order valence-electron chi connectivity index (χ2n) is 2.42. The molecule has 2 atom stereocenters. The second-order valence-corrected chi connectivity index (χ2v) is 4.57. The molecule has 4 heteroatoms. The molecule has 2 aliphatic heterocycles. The van der Waals surface area contributed by atoms with Gasteiger partial charge in [0, 0.05) is 30.0 Å². The summed E-state index contributed by atoms with van der Waals surface area (Å²) in [6, 6.07) is 0.595. The lowest BCUT2D eigenvalue weighted by Crippen LogP contribution is -2.39. The lowest BCUT2D eigenvalue weighted by atomic mass is 10.3. The van der Waals surface area contributed by atoms with Gasteiger partial charge in [0.1, 0.15) is 0 Å². The van der Waals surface area contributed by atoms with Gasteiger partial charge in [0.2, 0.25) is 0 Å². The van der Waals surface area contributed by atoms with Crippen LogP contribution in [0.25, 0.3) is 0 Å². The number of nitrogens with one attached hydrogen (secondary N) is 2. The summed E-state index contributed by atoms with van der Waals surface area (Å²) >= 11 is 3.90. The lowest BCUT2D eigenvalue weighted by Gasteiger charge is -2.16. The van der Waals surface area contributed by atoms with Crippen LogP contribution in [0.5, 0.6) is 0 Å². The third-order valence-corrected chi connectivity index (χ3v) is 3.79. The van der Waals surface area contributed by atoms with E-state index in [2.05, 4.69) is 16.4 Å². The second kappa shape index (κ2) is 3.34. The van der Waals surface area contributed by atoms with Crippen molar-refractivity contribution in [3.05, 3.63) is 5.75 Å². The van der Waals surface area contributed by atoms with Crippen molar-refractivity contribution in [2.24, 2.45) is 0 Å². The third kappa shape index (κ3) is 1.44. The van der Waals surface area contributed by atoms with E-state index in [4.69, 9.17) is 0 Å². The molecule has 0 spiro atoms. The molecule has 57 valence electrons. The van der Waals surface area contributed by atoms with E-state index in [9.17, 15) is 0 Å². The van der Waals surface area contributed by atoms with Crippen molar-refractivity contribution in [1.82, 2.24) is 10.6 Å². The first kappa shape index (κ1) is 7.28. The van der Waals surface area contributed by atoms with Gasteiger partial charge >= 0.3 is 0 Å². The van der Waals surface area contributed by atoms with Gasteiger partial charge in [0.15, 0.2) is 0 Å². The predicted octanol–water partition coefficient (Wildman–Crippen LogP) is 0.473. The van der Waals surface area contributed by atoms with Crippen molar-refractivity contribution in [2.75, 3.05) is 18.2 Å². The van der Waals surface area contributed by atoms with Crippen molar-refractivity contribution in [3.63, 3.8) is 0 Å². The van der Waals surface area contributed by atoms with Gasteiger partial charge < -0.3 is 10.6 Å². The minimum Gasteiger partial charge on any atom is -0.303 e. The topological polar surface area (TPSA) is 24.1 Å². The van der Waals surface area contributed by atoms with Gasteiger partial charge in [-0.3, -0.25) is 0 Å². The molecule has 0 saturated carbocycles. The van der Waals surface area contributed by atoms with E-state index in [1.807, 2.05) is 23.5 Å². The van der Waals surface area contributed by atoms with E-state index in [1.54, 1.807) is 0 Å². The molecule has 2 heterocycles. The van der Waals surface area contributed by atoms with Gasteiger partial charge in [-0.25, -0.2) is 0 Å². The first-order valence-electron chi connectivity index (χ1n) is 3.50. The average Bonchev–Trinajstić information content (AvgIpc) is 2.59. The van der Waals surface area contributed by atoms with Gasteiger partial charge in [-0.05, 0) is 0 Å². The first-order valence-corrected chi connectivity index (χ1v) is 5.60. The van der Waals surface area contributed by atoms with Crippen LogP contribution < -0.4 is 10.6 Å². The molecule has 0 bridgehead atoms. The summed E-state index contributed by atoms with van der Waals surface area (Å²) < 4.78 is 0. The van der Waals surface area contributed by atoms with Crippen molar-refractivity contribution >= 4 is 23.5 Å². The highest BCUT2D eigenvalue weighted by Gasteiger charge is 2.27. The Balaban J connectivity index is 1.85. The van der Waals surface area contributed by atoms with Crippen molar-refractivity contribution in [3.8, 4) is 0 Å². The third-order valence-electron chi connectivity index (χ3n) is 1.72. The van der Waals surface area contributed by atoms with Crippen LogP contribution in [0.1, 0.15) is 0 Å². The highest BCUT2D eigenvalue weighted by atomic mass is 32.2. The van der Waals surface area contributed by atoms with Gasteiger partial charge in [-0.15, -0.1) is 23.5 Å². The zero-order chi connectivity index (χ0) is 6.81. The lowest BCUT2D eigenvalue weighted by molar-refractivity contribution is 0.572. The largest absolute Gasteiger partial charge is 0.303 e. The molecule has 2 saturated heterocycles. The van der Waals surface area contributed by atoms with Crippen LogP contribution in [0.2, 0.25) is 0 Å². The van der Waals surface area contributed by atoms with E-state index in [1.165, 1.54) is 12.3 Å². The molecule has 2 nitrogen and oxygen atoms in total. The van der Waals surface area contributed by atoms with Crippen LogP contribution in [0, 0.1) is 5.75 Å². The number of hydrogen-bond donors (Lipinski definition) is 2. The zero-order valence-corrected chi connectivity index (χ0v) is 7.30. The van der Waals surface area contributed by atoms with Crippen molar-refractivity contribution in [2.45, 2.75) is 11.4 Å². The van der Waals surface area contributed by atoms with E-state index in [-0.39, 0.29) is 0 Å². The summed E-state index contributed by atoms with van der Waals surface area (Å²) in [7, 11) is 0. The summed E-state index contributed by atoms with van der Waals surface area (Å²) in [6.07, 6.45) is 0. The molecular weight excluding hydrogens is 164 g/mol. The van der Waals surface area contributed by atoms with Crippen LogP contribution in [-0.4, -0.2) is 29.6 Å². The Morgan fingerprint density at radius 3 is 3.00 bits per heavy atom. The Bertz CT molecular complexity index is 94.3. The number of hydrogen-bond acceptors (Lipinski definition) is 4. The highest BCUT2D eigenvalue weighted by Crippen LogP contribution is 2.25. The normalized spacial score (nSPS) is 40.8. The average molecular weight is 175 g/mol. The summed E-state index contributed by atoms with van der Waals surface area (Å²) in [4.78, 5) is 0.